The van der Waals surface area contributed by atoms with Gasteiger partial charge in [0.2, 0.25) is 0 Å². The summed E-state index contributed by atoms with van der Waals surface area (Å²) in [7, 11) is 0. The van der Waals surface area contributed by atoms with Gasteiger partial charge in [0, 0.05) is 38.2 Å². The van der Waals surface area contributed by atoms with Crippen LogP contribution in [0.2, 0.25) is 0 Å². The van der Waals surface area contributed by atoms with Gasteiger partial charge in [-0.15, -0.1) is 0 Å². The third kappa shape index (κ3) is 9.07. The molecule has 0 aliphatic carbocycles. The Balaban J connectivity index is 1.14. The lowest BCUT2D eigenvalue weighted by atomic mass is 9.90. The highest BCUT2D eigenvalue weighted by Gasteiger charge is 2.41. The van der Waals surface area contributed by atoms with E-state index in [-0.39, 0.29) is 5.56 Å². The molecule has 0 radical (unpaired) electrons. The predicted molar refractivity (Wildman–Crippen MR) is 321 cm³/mol. The van der Waals surface area contributed by atoms with Gasteiger partial charge in [-0.25, -0.2) is 0 Å². The number of hydrogen-bond acceptors (Lipinski definition) is 1. The van der Waals surface area contributed by atoms with Crippen LogP contribution in [0.4, 0.5) is 26.3 Å². The molecule has 9 heteroatoms. The lowest BCUT2D eigenvalue weighted by Crippen LogP contribution is -2.14. The van der Waals surface area contributed by atoms with Crippen LogP contribution < -0.4 is 0 Å². The molecule has 0 amide bonds. The van der Waals surface area contributed by atoms with Crippen molar-refractivity contribution in [3.8, 4) is 84.2 Å². The first-order chi connectivity index (χ1) is 39.5. The van der Waals surface area contributed by atoms with Crippen molar-refractivity contribution in [3.63, 3.8) is 0 Å². The minimum Gasteiger partial charge on any atom is -0.309 e. The Morgan fingerprint density at radius 2 is 0.610 bits per heavy atom. The number of hydrogen-bond donors (Lipinski definition) is 0. The summed E-state index contributed by atoms with van der Waals surface area (Å²) >= 11 is 0. The van der Waals surface area contributed by atoms with E-state index in [0.29, 0.717) is 51.2 Å². The third-order valence-electron chi connectivity index (χ3n) is 15.9. The molecule has 0 aliphatic heterocycles. The van der Waals surface area contributed by atoms with E-state index in [1.165, 1.54) is 12.1 Å². The number of rotatable bonds is 8. The van der Waals surface area contributed by atoms with Gasteiger partial charge in [0.05, 0.1) is 56.2 Å². The Morgan fingerprint density at radius 3 is 0.927 bits per heavy atom. The Morgan fingerprint density at radius 1 is 0.317 bits per heavy atom. The number of aryl methyl sites for hydroxylation is 4. The number of alkyl halides is 6. The van der Waals surface area contributed by atoms with Gasteiger partial charge < -0.3 is 9.13 Å². The first-order valence-corrected chi connectivity index (χ1v) is 26.9. The van der Waals surface area contributed by atoms with Crippen LogP contribution in [-0.4, -0.2) is 9.13 Å². The van der Waals surface area contributed by atoms with Gasteiger partial charge in [0.1, 0.15) is 0 Å². The van der Waals surface area contributed by atoms with Crippen molar-refractivity contribution in [2.24, 2.45) is 0 Å². The fraction of sp³-hybridized carbons (Fsp3) is 0.0822. The molecule has 13 aromatic rings. The van der Waals surface area contributed by atoms with E-state index in [9.17, 15) is 5.26 Å². The van der Waals surface area contributed by atoms with Crippen molar-refractivity contribution in [1.82, 2.24) is 9.13 Å². The van der Waals surface area contributed by atoms with Gasteiger partial charge in [-0.05, 0) is 157 Å². The molecule has 2 heterocycles. The lowest BCUT2D eigenvalue weighted by molar-refractivity contribution is -0.142. The Kier molecular flexibility index (Phi) is 12.4. The van der Waals surface area contributed by atoms with E-state index in [0.717, 1.165) is 105 Å². The van der Waals surface area contributed by atoms with Crippen molar-refractivity contribution in [2.45, 2.75) is 40.0 Å². The van der Waals surface area contributed by atoms with E-state index < -0.39 is 29.0 Å². The quantitative estimate of drug-likeness (QED) is 0.140. The second-order valence-electron chi connectivity index (χ2n) is 21.4. The van der Waals surface area contributed by atoms with Crippen LogP contribution in [0.1, 0.15) is 38.9 Å². The summed E-state index contributed by atoms with van der Waals surface area (Å²) in [6.07, 6.45) is -10.3. The molecule has 82 heavy (non-hydrogen) atoms. The molecule has 0 bridgehead atoms. The van der Waals surface area contributed by atoms with Crippen LogP contribution in [0.5, 0.6) is 0 Å². The van der Waals surface area contributed by atoms with Crippen molar-refractivity contribution in [2.75, 3.05) is 0 Å². The molecule has 13 rings (SSSR count). The highest BCUT2D eigenvalue weighted by molar-refractivity contribution is 6.14. The summed E-state index contributed by atoms with van der Waals surface area (Å²) in [6, 6.07) is 72.2. The zero-order valence-corrected chi connectivity index (χ0v) is 45.0. The highest BCUT2D eigenvalue weighted by Crippen LogP contribution is 2.49. The molecule has 0 aliphatic rings. The molecule has 11 aromatic carbocycles. The number of nitrogens with zero attached hydrogens (tertiary/aromatic N) is 3. The normalized spacial score (nSPS) is 12.0. The van der Waals surface area contributed by atoms with Crippen LogP contribution in [0.3, 0.4) is 0 Å². The maximum atomic E-state index is 15.2. The van der Waals surface area contributed by atoms with E-state index in [4.69, 9.17) is 0 Å². The van der Waals surface area contributed by atoms with Gasteiger partial charge in [0.25, 0.3) is 0 Å². The number of benzene rings is 11. The van der Waals surface area contributed by atoms with E-state index in [1.54, 1.807) is 12.1 Å². The Labute approximate surface area is 469 Å². The lowest BCUT2D eigenvalue weighted by Gasteiger charge is -2.22. The van der Waals surface area contributed by atoms with Crippen molar-refractivity contribution in [1.29, 1.82) is 5.26 Å². The molecule has 398 valence electrons. The van der Waals surface area contributed by atoms with Crippen LogP contribution in [-0.2, 0) is 12.4 Å². The highest BCUT2D eigenvalue weighted by atomic mass is 19.4. The second-order valence-corrected chi connectivity index (χ2v) is 21.4. The predicted octanol–water partition coefficient (Wildman–Crippen LogP) is 21.0. The van der Waals surface area contributed by atoms with E-state index in [1.807, 2.05) is 92.9 Å². The zero-order valence-electron chi connectivity index (χ0n) is 45.0. The number of aromatic nitrogens is 2. The maximum absolute atomic E-state index is 15.2. The summed E-state index contributed by atoms with van der Waals surface area (Å²) in [6.45, 7) is 8.14. The largest absolute Gasteiger partial charge is 0.417 e. The van der Waals surface area contributed by atoms with Crippen molar-refractivity contribution >= 4 is 43.6 Å². The van der Waals surface area contributed by atoms with Gasteiger partial charge in [-0.1, -0.05) is 168 Å². The molecule has 3 nitrogen and oxygen atoms in total. The fourth-order valence-corrected chi connectivity index (χ4v) is 11.7. The monoisotopic (exact) mass is 1080 g/mol. The summed E-state index contributed by atoms with van der Waals surface area (Å²) in [5.41, 5.74) is 13.5. The minimum absolute atomic E-state index is 0.277. The molecular formula is C73H49F6N3. The molecule has 0 spiro atoms. The van der Waals surface area contributed by atoms with Crippen LogP contribution in [0.25, 0.3) is 122 Å². The van der Waals surface area contributed by atoms with Crippen LogP contribution in [0.15, 0.2) is 224 Å². The Hall–Kier alpha value is -9.91. The first kappa shape index (κ1) is 51.5. The maximum Gasteiger partial charge on any atom is 0.417 e. The Bertz CT molecular complexity index is 4490. The van der Waals surface area contributed by atoms with Gasteiger partial charge >= 0.3 is 12.4 Å². The number of halogens is 6. The average Bonchev–Trinajstić information content (AvgIpc) is 3.69. The first-order valence-electron chi connectivity index (χ1n) is 26.9. The molecule has 0 saturated carbocycles. The second kappa shape index (κ2) is 19.7. The van der Waals surface area contributed by atoms with E-state index in [2.05, 4.69) is 132 Å². The van der Waals surface area contributed by atoms with Gasteiger partial charge in [-0.3, -0.25) is 0 Å². The van der Waals surface area contributed by atoms with E-state index >= 15 is 26.3 Å². The van der Waals surface area contributed by atoms with Gasteiger partial charge in [0.15, 0.2) is 0 Å². The molecule has 2 aromatic heterocycles. The van der Waals surface area contributed by atoms with Crippen LogP contribution >= 0.6 is 0 Å². The van der Waals surface area contributed by atoms with Crippen LogP contribution in [0, 0.1) is 39.0 Å². The van der Waals surface area contributed by atoms with Gasteiger partial charge in [-0.2, -0.15) is 31.6 Å². The molecule has 0 unspecified atom stereocenters. The molecular weight excluding hydrogens is 1030 g/mol. The number of fused-ring (bicyclic) bond motifs is 6. The summed E-state index contributed by atoms with van der Waals surface area (Å²) in [5.74, 6) is 0. The molecule has 0 atom stereocenters. The van der Waals surface area contributed by atoms with Crippen molar-refractivity contribution in [3.05, 3.63) is 263 Å². The minimum atomic E-state index is -5.14. The summed E-state index contributed by atoms with van der Waals surface area (Å²) in [5, 5.41) is 14.2. The SMILES string of the molecule is Cc1ccc(-c2ccc3c(c2)c2cc(-c4ccc(C)cc4)ccc2n3-c2cc(C#N)ccc2-c2ccc(-c3c(C(F)(F)F)cccc3C(F)(F)F)cc2-n2c3ccc(-c4ccc(C)cc4)cc3c3cc(-c4ccc(C)cc4)ccc32)cc1. The third-order valence-corrected chi connectivity index (χ3v) is 15.9. The zero-order chi connectivity index (χ0) is 56.8. The van der Waals surface area contributed by atoms with Crippen molar-refractivity contribution < 1.29 is 26.3 Å². The summed E-state index contributed by atoms with van der Waals surface area (Å²) in [4.78, 5) is 0. The average molecular weight is 1080 g/mol. The fourth-order valence-electron chi connectivity index (χ4n) is 11.7. The molecule has 0 fully saturated rings. The molecule has 0 N–H and O–H groups in total. The number of nitriles is 1. The topological polar surface area (TPSA) is 33.6 Å². The smallest absolute Gasteiger partial charge is 0.309 e. The standard InChI is InChI=1S/C73H49F6N3/c1-43-8-17-48(18-9-43)52-26-32-65-59(37-52)60-38-53(49-19-10-44(2)11-20-49)27-33-66(60)81(65)69-36-47(42-80)16-30-57(69)58-31-25-56(71-63(72(74,75)76)6-5-7-64(71)73(77,78)79)41-70(58)82-67-34-28-54(50-21-12-45(3)13-22-50)39-61(67)62-40-55(29-35-68(62)82)51-23-14-46(4)15-24-51/h5-41H,1-4H3. The molecule has 0 saturated heterocycles. The summed E-state index contributed by atoms with van der Waals surface area (Å²) < 4.78 is 95.6.